The Kier molecular flexibility index (Phi) is 4.63. The third-order valence-corrected chi connectivity index (χ3v) is 3.31. The van der Waals surface area contributed by atoms with Crippen LogP contribution in [0.4, 0.5) is 5.69 Å². The van der Waals surface area contributed by atoms with Crippen LogP contribution in [0.2, 0.25) is 0 Å². The van der Waals surface area contributed by atoms with Gasteiger partial charge in [-0.25, -0.2) is 4.79 Å². The molecule has 5 heteroatoms. The van der Waals surface area contributed by atoms with E-state index in [1.54, 1.807) is 18.2 Å². The first-order valence-electron chi connectivity index (χ1n) is 5.96. The van der Waals surface area contributed by atoms with Crippen molar-refractivity contribution in [2.24, 2.45) is 0 Å². The minimum atomic E-state index is -0.461. The van der Waals surface area contributed by atoms with E-state index in [1.807, 2.05) is 24.3 Å². The minimum Gasteiger partial charge on any atom is -0.489 e. The van der Waals surface area contributed by atoms with Crippen LogP contribution >= 0.6 is 15.9 Å². The minimum absolute atomic E-state index is 0.247. The Balaban J connectivity index is 2.19. The van der Waals surface area contributed by atoms with Gasteiger partial charge >= 0.3 is 5.97 Å². The largest absolute Gasteiger partial charge is 0.489 e. The van der Waals surface area contributed by atoms with Gasteiger partial charge in [-0.05, 0) is 30.3 Å². The molecule has 0 aliphatic rings. The molecule has 0 saturated carbocycles. The maximum absolute atomic E-state index is 11.7. The second-order valence-corrected chi connectivity index (χ2v) is 5.03. The summed E-state index contributed by atoms with van der Waals surface area (Å²) in [5.41, 5.74) is 7.26. The molecule has 2 N–H and O–H groups in total. The lowest BCUT2D eigenvalue weighted by Crippen LogP contribution is -2.11. The maximum atomic E-state index is 11.7. The van der Waals surface area contributed by atoms with Crippen LogP contribution in [0, 0.1) is 0 Å². The predicted octanol–water partition coefficient (Wildman–Crippen LogP) is 3.40. The van der Waals surface area contributed by atoms with Crippen LogP contribution in [0.25, 0.3) is 0 Å². The van der Waals surface area contributed by atoms with Crippen molar-refractivity contribution in [2.75, 3.05) is 12.8 Å². The van der Waals surface area contributed by atoms with Crippen molar-refractivity contribution in [1.29, 1.82) is 0 Å². The number of carbonyl (C=O) groups excluding carboxylic acids is 1. The summed E-state index contributed by atoms with van der Waals surface area (Å²) in [6.45, 7) is 0.247. The summed E-state index contributed by atoms with van der Waals surface area (Å²) in [6, 6.07) is 12.7. The Labute approximate surface area is 125 Å². The molecule has 0 heterocycles. The number of benzene rings is 2. The first kappa shape index (κ1) is 14.4. The van der Waals surface area contributed by atoms with Crippen molar-refractivity contribution in [3.63, 3.8) is 0 Å². The van der Waals surface area contributed by atoms with Gasteiger partial charge in [-0.3, -0.25) is 0 Å². The number of methoxy groups -OCH3 is 1. The average Bonchev–Trinajstić information content (AvgIpc) is 2.46. The number of anilines is 1. The van der Waals surface area contributed by atoms with Crippen LogP contribution in [-0.2, 0) is 11.3 Å². The summed E-state index contributed by atoms with van der Waals surface area (Å²) < 4.78 is 11.4. The van der Waals surface area contributed by atoms with E-state index in [4.69, 9.17) is 15.2 Å². The van der Waals surface area contributed by atoms with E-state index in [1.165, 1.54) is 7.11 Å². The molecule has 20 heavy (non-hydrogen) atoms. The number of nitrogen functional groups attached to an aromatic ring is 1. The van der Waals surface area contributed by atoms with Crippen molar-refractivity contribution in [3.8, 4) is 5.75 Å². The highest BCUT2D eigenvalue weighted by Gasteiger charge is 2.15. The molecule has 4 nitrogen and oxygen atoms in total. The lowest BCUT2D eigenvalue weighted by Gasteiger charge is -2.11. The molecule has 0 aliphatic carbocycles. The van der Waals surface area contributed by atoms with Crippen LogP contribution in [0.5, 0.6) is 5.75 Å². The van der Waals surface area contributed by atoms with Gasteiger partial charge in [-0.1, -0.05) is 28.1 Å². The summed E-state index contributed by atoms with van der Waals surface area (Å²) in [7, 11) is 1.33. The van der Waals surface area contributed by atoms with E-state index >= 15 is 0 Å². The van der Waals surface area contributed by atoms with Gasteiger partial charge in [-0.15, -0.1) is 0 Å². The summed E-state index contributed by atoms with van der Waals surface area (Å²) in [6.07, 6.45) is 0. The molecule has 0 bridgehead atoms. The topological polar surface area (TPSA) is 61.5 Å². The van der Waals surface area contributed by atoms with E-state index in [9.17, 15) is 4.79 Å². The van der Waals surface area contributed by atoms with Gasteiger partial charge in [0.2, 0.25) is 0 Å². The van der Waals surface area contributed by atoms with Crippen LogP contribution in [0.3, 0.4) is 0 Å². The SMILES string of the molecule is COC(=O)c1c(N)cccc1COc1ccc(Br)cc1. The molecule has 2 aromatic carbocycles. The van der Waals surface area contributed by atoms with Crippen LogP contribution in [0.15, 0.2) is 46.9 Å². The normalized spacial score (nSPS) is 10.1. The highest BCUT2D eigenvalue weighted by atomic mass is 79.9. The molecular weight excluding hydrogens is 322 g/mol. The van der Waals surface area contributed by atoms with Gasteiger partial charge in [-0.2, -0.15) is 0 Å². The number of hydrogen-bond donors (Lipinski definition) is 1. The zero-order valence-electron chi connectivity index (χ0n) is 10.9. The number of nitrogens with two attached hydrogens (primary N) is 1. The van der Waals surface area contributed by atoms with Crippen LogP contribution in [-0.4, -0.2) is 13.1 Å². The molecule has 0 spiro atoms. The lowest BCUT2D eigenvalue weighted by molar-refractivity contribution is 0.0599. The number of halogens is 1. The third-order valence-electron chi connectivity index (χ3n) is 2.78. The van der Waals surface area contributed by atoms with Crippen molar-refractivity contribution >= 4 is 27.6 Å². The van der Waals surface area contributed by atoms with E-state index in [0.29, 0.717) is 22.6 Å². The Morgan fingerprint density at radius 1 is 1.20 bits per heavy atom. The van der Waals surface area contributed by atoms with E-state index in [-0.39, 0.29) is 6.61 Å². The van der Waals surface area contributed by atoms with E-state index < -0.39 is 5.97 Å². The number of esters is 1. The zero-order valence-corrected chi connectivity index (χ0v) is 12.5. The molecule has 0 radical (unpaired) electrons. The fourth-order valence-corrected chi connectivity index (χ4v) is 2.05. The second-order valence-electron chi connectivity index (χ2n) is 4.12. The Morgan fingerprint density at radius 3 is 2.55 bits per heavy atom. The van der Waals surface area contributed by atoms with E-state index in [2.05, 4.69) is 15.9 Å². The molecule has 2 aromatic rings. The Hall–Kier alpha value is -2.01. The van der Waals surface area contributed by atoms with Gasteiger partial charge in [0, 0.05) is 15.7 Å². The lowest BCUT2D eigenvalue weighted by atomic mass is 10.1. The first-order valence-corrected chi connectivity index (χ1v) is 6.75. The summed E-state index contributed by atoms with van der Waals surface area (Å²) >= 11 is 3.36. The number of rotatable bonds is 4. The molecule has 104 valence electrons. The monoisotopic (exact) mass is 335 g/mol. The third kappa shape index (κ3) is 3.30. The summed E-state index contributed by atoms with van der Waals surface area (Å²) in [5, 5.41) is 0. The number of carbonyl (C=O) groups is 1. The summed E-state index contributed by atoms with van der Waals surface area (Å²) in [4.78, 5) is 11.7. The maximum Gasteiger partial charge on any atom is 0.340 e. The fraction of sp³-hybridized carbons (Fsp3) is 0.133. The molecule has 0 atom stereocenters. The second kappa shape index (κ2) is 6.43. The van der Waals surface area contributed by atoms with Crippen molar-refractivity contribution in [1.82, 2.24) is 0 Å². The molecule has 0 saturated heterocycles. The van der Waals surface area contributed by atoms with Crippen LogP contribution in [0.1, 0.15) is 15.9 Å². The first-order chi connectivity index (χ1) is 9.61. The predicted molar refractivity (Wildman–Crippen MR) is 80.7 cm³/mol. The van der Waals surface area contributed by atoms with Crippen molar-refractivity contribution in [3.05, 3.63) is 58.1 Å². The van der Waals surface area contributed by atoms with Crippen molar-refractivity contribution < 1.29 is 14.3 Å². The Morgan fingerprint density at radius 2 is 1.90 bits per heavy atom. The molecule has 2 rings (SSSR count). The quantitative estimate of drug-likeness (QED) is 0.687. The molecule has 0 aliphatic heterocycles. The van der Waals surface area contributed by atoms with Crippen molar-refractivity contribution in [2.45, 2.75) is 6.61 Å². The van der Waals surface area contributed by atoms with Crippen LogP contribution < -0.4 is 10.5 Å². The zero-order chi connectivity index (χ0) is 14.5. The highest BCUT2D eigenvalue weighted by molar-refractivity contribution is 9.10. The highest BCUT2D eigenvalue weighted by Crippen LogP contribution is 2.21. The van der Waals surface area contributed by atoms with Gasteiger partial charge in [0.1, 0.15) is 12.4 Å². The Bertz CT molecular complexity index is 611. The number of ether oxygens (including phenoxy) is 2. The summed E-state index contributed by atoms with van der Waals surface area (Å²) in [5.74, 6) is 0.254. The van der Waals surface area contributed by atoms with Gasteiger partial charge in [0.05, 0.1) is 12.7 Å². The fourth-order valence-electron chi connectivity index (χ4n) is 1.78. The molecule has 0 fully saturated rings. The van der Waals surface area contributed by atoms with Gasteiger partial charge in [0.25, 0.3) is 0 Å². The average molecular weight is 336 g/mol. The van der Waals surface area contributed by atoms with Gasteiger partial charge in [0.15, 0.2) is 0 Å². The smallest absolute Gasteiger partial charge is 0.340 e. The van der Waals surface area contributed by atoms with E-state index in [0.717, 1.165) is 4.47 Å². The molecule has 0 amide bonds. The molecular formula is C15H14BrNO3. The molecule has 0 aromatic heterocycles. The number of hydrogen-bond acceptors (Lipinski definition) is 4. The van der Waals surface area contributed by atoms with Gasteiger partial charge < -0.3 is 15.2 Å². The molecule has 0 unspecified atom stereocenters. The standard InChI is InChI=1S/C15H14BrNO3/c1-19-15(18)14-10(3-2-4-13(14)17)9-20-12-7-5-11(16)6-8-12/h2-8H,9,17H2,1H3.